The average Bonchev–Trinajstić information content (AvgIpc) is 2.21. The number of hydrogen-bond donors (Lipinski definition) is 0. The summed E-state index contributed by atoms with van der Waals surface area (Å²) in [5.41, 5.74) is 5.19. The molecule has 0 fully saturated rings. The average molecular weight is 205 g/mol. The quantitative estimate of drug-likeness (QED) is 0.624. The van der Waals surface area contributed by atoms with Gasteiger partial charge in [0.25, 0.3) is 0 Å². The maximum absolute atomic E-state index is 2.17. The van der Waals surface area contributed by atoms with Crippen LogP contribution in [0.4, 0.5) is 0 Å². The van der Waals surface area contributed by atoms with Gasteiger partial charge in [0, 0.05) is 29.6 Å². The Morgan fingerprint density at radius 3 is 1.07 bits per heavy atom. The van der Waals surface area contributed by atoms with Crippen molar-refractivity contribution in [3.8, 4) is 11.1 Å². The van der Waals surface area contributed by atoms with Crippen molar-refractivity contribution in [1.82, 2.24) is 0 Å². The second-order valence-electron chi connectivity index (χ2n) is 3.73. The van der Waals surface area contributed by atoms with Crippen LogP contribution in [-0.4, -0.2) is 29.6 Å². The molecule has 0 aliphatic carbocycles. The molecular formula is C14H14Na. The molecule has 2 rings (SSSR count). The number of aryl methyl sites for hydroxylation is 2. The molecule has 71 valence electrons. The van der Waals surface area contributed by atoms with Crippen molar-refractivity contribution in [3.05, 3.63) is 59.7 Å². The summed E-state index contributed by atoms with van der Waals surface area (Å²) < 4.78 is 0. The first-order valence-electron chi connectivity index (χ1n) is 4.89. The van der Waals surface area contributed by atoms with Gasteiger partial charge in [0.05, 0.1) is 0 Å². The minimum Gasteiger partial charge on any atom is -0.0587 e. The largest absolute Gasteiger partial charge is 0.0587 e. The van der Waals surface area contributed by atoms with Crippen LogP contribution in [0, 0.1) is 13.8 Å². The summed E-state index contributed by atoms with van der Waals surface area (Å²) in [5.74, 6) is 0. The van der Waals surface area contributed by atoms with Gasteiger partial charge in [-0.05, 0) is 25.0 Å². The Balaban J connectivity index is 0.00000112. The molecule has 0 heterocycles. The molecule has 0 unspecified atom stereocenters. The maximum Gasteiger partial charge on any atom is 0 e. The van der Waals surface area contributed by atoms with Crippen LogP contribution in [0.25, 0.3) is 11.1 Å². The monoisotopic (exact) mass is 205 g/mol. The molecule has 0 N–H and O–H groups in total. The Bertz CT molecular complexity index is 369. The second-order valence-corrected chi connectivity index (χ2v) is 3.73. The van der Waals surface area contributed by atoms with Gasteiger partial charge in [-0.3, -0.25) is 0 Å². The van der Waals surface area contributed by atoms with Crippen molar-refractivity contribution < 1.29 is 0 Å². The predicted molar refractivity (Wildman–Crippen MR) is 67.1 cm³/mol. The summed E-state index contributed by atoms with van der Waals surface area (Å²) in [4.78, 5) is 0. The Hall–Kier alpha value is -0.560. The van der Waals surface area contributed by atoms with Crippen LogP contribution in [0.15, 0.2) is 48.5 Å². The zero-order chi connectivity index (χ0) is 9.97. The van der Waals surface area contributed by atoms with E-state index >= 15 is 0 Å². The molecule has 1 heteroatoms. The van der Waals surface area contributed by atoms with Gasteiger partial charge in [-0.1, -0.05) is 59.7 Å². The standard InChI is InChI=1S/C14H14.Na/c1-11-3-7-13(8-4-11)14-9-5-12(2)6-10-14;/h3-10H,1-2H3;. The fraction of sp³-hybridized carbons (Fsp3) is 0.143. The SMILES string of the molecule is Cc1ccc(-c2ccc(C)cc2)cc1.[Na]. The van der Waals surface area contributed by atoms with Gasteiger partial charge in [-0.25, -0.2) is 0 Å². The molecule has 0 aromatic heterocycles. The number of benzene rings is 2. The van der Waals surface area contributed by atoms with Gasteiger partial charge in [0.1, 0.15) is 0 Å². The number of hydrogen-bond acceptors (Lipinski definition) is 0. The third-order valence-electron chi connectivity index (χ3n) is 2.44. The molecular weight excluding hydrogens is 191 g/mol. The summed E-state index contributed by atoms with van der Waals surface area (Å²) >= 11 is 0. The summed E-state index contributed by atoms with van der Waals surface area (Å²) in [6.45, 7) is 4.22. The molecule has 0 aliphatic rings. The minimum absolute atomic E-state index is 0. The molecule has 0 spiro atoms. The van der Waals surface area contributed by atoms with Crippen molar-refractivity contribution in [3.63, 3.8) is 0 Å². The molecule has 0 atom stereocenters. The third kappa shape index (κ3) is 3.20. The zero-order valence-electron chi connectivity index (χ0n) is 9.62. The summed E-state index contributed by atoms with van der Waals surface area (Å²) in [6.07, 6.45) is 0. The predicted octanol–water partition coefficient (Wildman–Crippen LogP) is 3.59. The van der Waals surface area contributed by atoms with E-state index in [1.54, 1.807) is 0 Å². The Morgan fingerprint density at radius 1 is 0.533 bits per heavy atom. The van der Waals surface area contributed by atoms with Crippen LogP contribution >= 0.6 is 0 Å². The molecule has 1 radical (unpaired) electrons. The van der Waals surface area contributed by atoms with E-state index in [0.29, 0.717) is 0 Å². The second kappa shape index (κ2) is 5.50. The van der Waals surface area contributed by atoms with Gasteiger partial charge in [-0.15, -0.1) is 0 Å². The van der Waals surface area contributed by atoms with Crippen LogP contribution in [0.3, 0.4) is 0 Å². The molecule has 15 heavy (non-hydrogen) atoms. The topological polar surface area (TPSA) is 0 Å². The van der Waals surface area contributed by atoms with E-state index < -0.39 is 0 Å². The maximum atomic E-state index is 2.17. The van der Waals surface area contributed by atoms with E-state index in [0.717, 1.165) is 0 Å². The fourth-order valence-electron chi connectivity index (χ4n) is 1.49. The van der Waals surface area contributed by atoms with E-state index in [9.17, 15) is 0 Å². The molecule has 2 aromatic carbocycles. The molecule has 0 saturated heterocycles. The Morgan fingerprint density at radius 2 is 0.800 bits per heavy atom. The zero-order valence-corrected chi connectivity index (χ0v) is 11.6. The van der Waals surface area contributed by atoms with E-state index in [4.69, 9.17) is 0 Å². The van der Waals surface area contributed by atoms with Crippen LogP contribution in [-0.2, 0) is 0 Å². The number of rotatable bonds is 1. The summed E-state index contributed by atoms with van der Waals surface area (Å²) in [6, 6.07) is 17.3. The molecule has 0 bridgehead atoms. The van der Waals surface area contributed by atoms with Gasteiger partial charge in [-0.2, -0.15) is 0 Å². The van der Waals surface area contributed by atoms with Crippen molar-refractivity contribution in [2.24, 2.45) is 0 Å². The van der Waals surface area contributed by atoms with Crippen LogP contribution in [0.2, 0.25) is 0 Å². The summed E-state index contributed by atoms with van der Waals surface area (Å²) in [7, 11) is 0. The normalized spacial score (nSPS) is 9.47. The van der Waals surface area contributed by atoms with E-state index in [-0.39, 0.29) is 29.6 Å². The molecule has 0 nitrogen and oxygen atoms in total. The molecule has 0 saturated carbocycles. The smallest absolute Gasteiger partial charge is 0 e. The Kier molecular flexibility index (Phi) is 4.59. The van der Waals surface area contributed by atoms with Crippen molar-refractivity contribution in [2.45, 2.75) is 13.8 Å². The van der Waals surface area contributed by atoms with Crippen LogP contribution in [0.1, 0.15) is 11.1 Å². The van der Waals surface area contributed by atoms with E-state index in [1.165, 1.54) is 22.3 Å². The molecule has 0 amide bonds. The first kappa shape index (κ1) is 12.5. The minimum atomic E-state index is 0. The summed E-state index contributed by atoms with van der Waals surface area (Å²) in [5, 5.41) is 0. The van der Waals surface area contributed by atoms with Crippen molar-refractivity contribution in [2.75, 3.05) is 0 Å². The van der Waals surface area contributed by atoms with Gasteiger partial charge < -0.3 is 0 Å². The Labute approximate surface area is 114 Å². The van der Waals surface area contributed by atoms with E-state index in [1.807, 2.05) is 0 Å². The molecule has 2 aromatic rings. The molecule has 0 aliphatic heterocycles. The first-order valence-corrected chi connectivity index (χ1v) is 4.89. The van der Waals surface area contributed by atoms with Crippen molar-refractivity contribution in [1.29, 1.82) is 0 Å². The van der Waals surface area contributed by atoms with E-state index in [2.05, 4.69) is 62.4 Å². The fourth-order valence-corrected chi connectivity index (χ4v) is 1.49. The van der Waals surface area contributed by atoms with Gasteiger partial charge >= 0.3 is 0 Å². The third-order valence-corrected chi connectivity index (χ3v) is 2.44. The van der Waals surface area contributed by atoms with Crippen molar-refractivity contribution >= 4 is 29.6 Å². The van der Waals surface area contributed by atoms with Gasteiger partial charge in [0.15, 0.2) is 0 Å². The first-order chi connectivity index (χ1) is 6.75. The van der Waals surface area contributed by atoms with Crippen LogP contribution < -0.4 is 0 Å². The van der Waals surface area contributed by atoms with Gasteiger partial charge in [0.2, 0.25) is 0 Å². The van der Waals surface area contributed by atoms with Crippen LogP contribution in [0.5, 0.6) is 0 Å².